The first-order valence-electron chi connectivity index (χ1n) is 10.3. The molecule has 3 amide bonds. The highest BCUT2D eigenvalue weighted by Gasteiger charge is 2.42. The highest BCUT2D eigenvalue weighted by atomic mass is 19.1. The van der Waals surface area contributed by atoms with Crippen LogP contribution in [0.4, 0.5) is 20.6 Å². The minimum Gasteiger partial charge on any atom is -0.442 e. The second-order valence-electron chi connectivity index (χ2n) is 8.07. The largest absolute Gasteiger partial charge is 0.442 e. The van der Waals surface area contributed by atoms with Crippen LogP contribution in [0.2, 0.25) is 0 Å². The number of fused-ring (bicyclic) bond motifs is 2. The smallest absolute Gasteiger partial charge is 0.407 e. The Hall–Kier alpha value is -3.66. The van der Waals surface area contributed by atoms with Crippen molar-refractivity contribution in [2.24, 2.45) is 0 Å². The number of imide groups is 1. The van der Waals surface area contributed by atoms with E-state index >= 15 is 0 Å². The summed E-state index contributed by atoms with van der Waals surface area (Å²) in [5, 5.41) is 16.0. The minimum atomic E-state index is -1.03. The Morgan fingerprint density at radius 3 is 2.50 bits per heavy atom. The molecule has 0 saturated carbocycles. The Balaban J connectivity index is 1.17. The number of nitrogens with zero attached hydrogens (tertiary/aromatic N) is 2. The molecule has 32 heavy (non-hydrogen) atoms. The number of anilines is 2. The molecule has 0 radical (unpaired) electrons. The van der Waals surface area contributed by atoms with Gasteiger partial charge in [-0.1, -0.05) is 12.1 Å². The summed E-state index contributed by atoms with van der Waals surface area (Å²) < 4.78 is 19.8. The molecule has 2 aromatic carbocycles. The van der Waals surface area contributed by atoms with E-state index in [2.05, 4.69) is 10.6 Å². The number of halogens is 1. The maximum Gasteiger partial charge on any atom is 0.407 e. The van der Waals surface area contributed by atoms with Crippen LogP contribution in [0, 0.1) is 5.82 Å². The minimum absolute atomic E-state index is 0.0277. The average Bonchev–Trinajstić information content (AvgIpc) is 3.39. The molecule has 2 saturated heterocycles. The molecule has 10 heteroatoms. The molecule has 0 bridgehead atoms. The van der Waals surface area contributed by atoms with Crippen LogP contribution >= 0.6 is 0 Å². The molecule has 2 aromatic rings. The first-order valence-corrected chi connectivity index (χ1v) is 10.3. The van der Waals surface area contributed by atoms with Crippen molar-refractivity contribution in [3.8, 4) is 0 Å². The fraction of sp³-hybridized carbons (Fsp3) is 0.318. The van der Waals surface area contributed by atoms with Crippen molar-refractivity contribution >= 4 is 29.3 Å². The number of nitrogens with one attached hydrogen (secondary N) is 2. The van der Waals surface area contributed by atoms with Gasteiger partial charge >= 0.3 is 6.09 Å². The third-order valence-electron chi connectivity index (χ3n) is 5.93. The molecule has 3 atom stereocenters. The van der Waals surface area contributed by atoms with Crippen LogP contribution in [0.25, 0.3) is 0 Å². The number of amides is 3. The van der Waals surface area contributed by atoms with E-state index in [-0.39, 0.29) is 25.2 Å². The highest BCUT2D eigenvalue weighted by molar-refractivity contribution is 6.21. The second kappa shape index (κ2) is 7.79. The lowest BCUT2D eigenvalue weighted by Gasteiger charge is -2.21. The van der Waals surface area contributed by atoms with Gasteiger partial charge in [-0.15, -0.1) is 0 Å². The normalized spacial score (nSPS) is 22.5. The molecule has 166 valence electrons. The van der Waals surface area contributed by atoms with Gasteiger partial charge < -0.3 is 25.4 Å². The molecular formula is C22H21FN4O5. The van der Waals surface area contributed by atoms with Gasteiger partial charge in [-0.2, -0.15) is 0 Å². The first-order chi connectivity index (χ1) is 15.4. The summed E-state index contributed by atoms with van der Waals surface area (Å²) in [6.45, 7) is 0.729. The molecule has 1 unspecified atom stereocenters. The number of ether oxygens (including phenoxy) is 1. The van der Waals surface area contributed by atoms with Crippen molar-refractivity contribution < 1.29 is 28.6 Å². The van der Waals surface area contributed by atoms with Gasteiger partial charge in [-0.3, -0.25) is 14.5 Å². The van der Waals surface area contributed by atoms with Crippen LogP contribution in [0.1, 0.15) is 20.7 Å². The molecule has 2 fully saturated rings. The van der Waals surface area contributed by atoms with Crippen LogP contribution in [0.15, 0.2) is 42.5 Å². The lowest BCUT2D eigenvalue weighted by atomic mass is 10.1. The summed E-state index contributed by atoms with van der Waals surface area (Å²) in [4.78, 5) is 38.9. The van der Waals surface area contributed by atoms with Gasteiger partial charge in [0.2, 0.25) is 0 Å². The summed E-state index contributed by atoms with van der Waals surface area (Å²) in [6, 6.07) is 11.0. The number of hydrogen-bond donors (Lipinski definition) is 3. The van der Waals surface area contributed by atoms with Crippen molar-refractivity contribution in [2.45, 2.75) is 18.2 Å². The SMILES string of the molecule is O=C1N[C@@H]2CN(c3ccc(NCC(O)CN4C(=O)c5ccccc5C4=O)cc3F)C[C@@H]2O1. The zero-order valence-corrected chi connectivity index (χ0v) is 17.0. The number of hydrogen-bond acceptors (Lipinski definition) is 7. The zero-order valence-electron chi connectivity index (χ0n) is 17.0. The fourth-order valence-corrected chi connectivity index (χ4v) is 4.34. The zero-order chi connectivity index (χ0) is 22.4. The molecule has 3 aliphatic rings. The van der Waals surface area contributed by atoms with Crippen molar-refractivity contribution in [2.75, 3.05) is 36.4 Å². The third-order valence-corrected chi connectivity index (χ3v) is 5.93. The predicted octanol–water partition coefficient (Wildman–Crippen LogP) is 1.19. The lowest BCUT2D eigenvalue weighted by Crippen LogP contribution is -2.39. The van der Waals surface area contributed by atoms with Crippen LogP contribution in [-0.4, -0.2) is 72.3 Å². The van der Waals surface area contributed by atoms with Crippen molar-refractivity contribution in [1.82, 2.24) is 10.2 Å². The Bertz CT molecular complexity index is 1060. The standard InChI is InChI=1S/C22H21FN4O5/c23-16-7-12(5-6-18(16)26-10-17-19(11-26)32-22(31)25-17)24-8-13(28)9-27-20(29)14-3-1-2-4-15(14)21(27)30/h1-7,13,17,19,24,28H,8-11H2,(H,25,31)/t13?,17-,19+/m1/s1. The van der Waals surface area contributed by atoms with Gasteiger partial charge in [0, 0.05) is 18.8 Å². The molecule has 3 N–H and O–H groups in total. The number of carbonyl (C=O) groups excluding carboxylic acids is 3. The summed E-state index contributed by atoms with van der Waals surface area (Å²) in [6.07, 6.45) is -1.77. The predicted molar refractivity (Wildman–Crippen MR) is 112 cm³/mol. The van der Waals surface area contributed by atoms with E-state index < -0.39 is 29.8 Å². The molecule has 0 aromatic heterocycles. The number of aliphatic hydroxyl groups is 1. The molecular weight excluding hydrogens is 419 g/mol. The number of aliphatic hydroxyl groups excluding tert-OH is 1. The molecule has 0 spiro atoms. The first kappa shape index (κ1) is 20.3. The van der Waals surface area contributed by atoms with E-state index in [0.717, 1.165) is 4.90 Å². The van der Waals surface area contributed by atoms with Crippen LogP contribution < -0.4 is 15.5 Å². The molecule has 9 nitrogen and oxygen atoms in total. The number of carbonyl (C=O) groups is 3. The molecule has 5 rings (SSSR count). The Morgan fingerprint density at radius 2 is 1.84 bits per heavy atom. The van der Waals surface area contributed by atoms with Crippen LogP contribution in [-0.2, 0) is 4.74 Å². The summed E-state index contributed by atoms with van der Waals surface area (Å²) in [5.41, 5.74) is 1.50. The second-order valence-corrected chi connectivity index (χ2v) is 8.07. The topological polar surface area (TPSA) is 111 Å². The highest BCUT2D eigenvalue weighted by Crippen LogP contribution is 2.29. The monoisotopic (exact) mass is 440 g/mol. The summed E-state index contributed by atoms with van der Waals surface area (Å²) in [5.74, 6) is -1.32. The van der Waals surface area contributed by atoms with Crippen molar-refractivity contribution in [3.05, 3.63) is 59.4 Å². The van der Waals surface area contributed by atoms with Gasteiger partial charge in [0.1, 0.15) is 11.9 Å². The van der Waals surface area contributed by atoms with Gasteiger partial charge in [0.05, 0.1) is 42.0 Å². The number of alkyl carbamates (subject to hydrolysis) is 1. The number of β-amino-alcohol motifs (C(OH)–C–C–N with tert-alkyl or cyclic N) is 1. The maximum atomic E-state index is 14.7. The van der Waals surface area contributed by atoms with Crippen LogP contribution in [0.5, 0.6) is 0 Å². The van der Waals surface area contributed by atoms with Crippen LogP contribution in [0.3, 0.4) is 0 Å². The molecule has 3 aliphatic heterocycles. The Labute approximate surface area is 182 Å². The molecule has 3 heterocycles. The van der Waals surface area contributed by atoms with Crippen molar-refractivity contribution in [1.29, 1.82) is 0 Å². The fourth-order valence-electron chi connectivity index (χ4n) is 4.34. The van der Waals surface area contributed by atoms with Gasteiger partial charge in [0.15, 0.2) is 0 Å². The lowest BCUT2D eigenvalue weighted by molar-refractivity contribution is 0.0557. The maximum absolute atomic E-state index is 14.7. The quantitative estimate of drug-likeness (QED) is 0.579. The number of benzene rings is 2. The van der Waals surface area contributed by atoms with E-state index in [1.54, 1.807) is 36.4 Å². The van der Waals surface area contributed by atoms with E-state index in [1.807, 2.05) is 4.90 Å². The Morgan fingerprint density at radius 1 is 1.12 bits per heavy atom. The van der Waals surface area contributed by atoms with Gasteiger partial charge in [-0.05, 0) is 30.3 Å². The van der Waals surface area contributed by atoms with Gasteiger partial charge in [-0.25, -0.2) is 9.18 Å². The third kappa shape index (κ3) is 3.52. The summed E-state index contributed by atoms with van der Waals surface area (Å²) in [7, 11) is 0. The van der Waals surface area contributed by atoms with E-state index in [1.165, 1.54) is 6.07 Å². The van der Waals surface area contributed by atoms with E-state index in [0.29, 0.717) is 35.6 Å². The average molecular weight is 440 g/mol. The molecule has 0 aliphatic carbocycles. The summed E-state index contributed by atoms with van der Waals surface area (Å²) >= 11 is 0. The van der Waals surface area contributed by atoms with Crippen molar-refractivity contribution in [3.63, 3.8) is 0 Å². The Kier molecular flexibility index (Phi) is 4.93. The van der Waals surface area contributed by atoms with E-state index in [9.17, 15) is 23.9 Å². The number of rotatable bonds is 6. The van der Waals surface area contributed by atoms with E-state index in [4.69, 9.17) is 4.74 Å². The van der Waals surface area contributed by atoms with Gasteiger partial charge in [0.25, 0.3) is 11.8 Å².